The Labute approximate surface area is 152 Å². The Morgan fingerprint density at radius 3 is 3.00 bits per heavy atom. The molecule has 0 radical (unpaired) electrons. The highest BCUT2D eigenvalue weighted by molar-refractivity contribution is 6.31. The number of aryl methyl sites for hydroxylation is 1. The van der Waals surface area contributed by atoms with Gasteiger partial charge in [0.1, 0.15) is 12.4 Å². The maximum atomic E-state index is 14.2. The molecular formula is C17H15ClFN3O4. The highest BCUT2D eigenvalue weighted by atomic mass is 35.5. The van der Waals surface area contributed by atoms with Crippen molar-refractivity contribution in [3.8, 4) is 5.75 Å². The summed E-state index contributed by atoms with van der Waals surface area (Å²) >= 11 is 5.96. The lowest BCUT2D eigenvalue weighted by molar-refractivity contribution is 0.0941. The highest BCUT2D eigenvalue weighted by Gasteiger charge is 2.25. The Balaban J connectivity index is 1.91. The number of aromatic hydroxyl groups is 1. The Bertz CT molecular complexity index is 987. The van der Waals surface area contributed by atoms with Crippen molar-refractivity contribution in [1.29, 1.82) is 0 Å². The fraction of sp³-hybridized carbons (Fsp3) is 0.235. The van der Waals surface area contributed by atoms with Crippen LogP contribution >= 0.6 is 11.6 Å². The van der Waals surface area contributed by atoms with Gasteiger partial charge >= 0.3 is 0 Å². The minimum atomic E-state index is -0.849. The van der Waals surface area contributed by atoms with Crippen molar-refractivity contribution >= 4 is 23.3 Å². The second-order valence-corrected chi connectivity index (χ2v) is 6.11. The minimum Gasteiger partial charge on any atom is -0.501 e. The molecule has 0 saturated heterocycles. The molecule has 3 rings (SSSR count). The highest BCUT2D eigenvalue weighted by Crippen LogP contribution is 2.23. The van der Waals surface area contributed by atoms with Crippen molar-refractivity contribution in [3.05, 3.63) is 62.6 Å². The van der Waals surface area contributed by atoms with Gasteiger partial charge in [0.15, 0.2) is 17.3 Å². The summed E-state index contributed by atoms with van der Waals surface area (Å²) < 4.78 is 20.5. The molecular weight excluding hydrogens is 365 g/mol. The van der Waals surface area contributed by atoms with Crippen molar-refractivity contribution in [2.45, 2.75) is 20.0 Å². The first kappa shape index (κ1) is 17.9. The predicted molar refractivity (Wildman–Crippen MR) is 92.5 cm³/mol. The van der Waals surface area contributed by atoms with E-state index in [0.29, 0.717) is 5.56 Å². The Morgan fingerprint density at radius 1 is 1.54 bits per heavy atom. The lowest BCUT2D eigenvalue weighted by Crippen LogP contribution is -2.34. The van der Waals surface area contributed by atoms with E-state index >= 15 is 0 Å². The lowest BCUT2D eigenvalue weighted by atomic mass is 10.1. The molecule has 0 unspecified atom stereocenters. The molecule has 2 heterocycles. The first-order valence-corrected chi connectivity index (χ1v) is 8.06. The zero-order valence-electron chi connectivity index (χ0n) is 13.8. The number of hydrogen-bond acceptors (Lipinski definition) is 5. The number of aromatic nitrogens is 2. The van der Waals surface area contributed by atoms with Crippen LogP contribution in [0.25, 0.3) is 5.76 Å². The number of benzene rings is 1. The van der Waals surface area contributed by atoms with Crippen LogP contribution in [0.4, 0.5) is 4.39 Å². The fourth-order valence-corrected chi connectivity index (χ4v) is 2.79. The van der Waals surface area contributed by atoms with Crippen LogP contribution < -0.4 is 10.9 Å². The number of carbonyl (C=O) groups excluding carboxylic acids is 1. The Hall–Kier alpha value is -2.87. The summed E-state index contributed by atoms with van der Waals surface area (Å²) in [6.07, 6.45) is 0. The SMILES string of the molecule is C=C1OCCn2c1nc(C(=O)NCc1c(Cl)ccc(C)c1F)c(O)c2=O. The average Bonchev–Trinajstić information content (AvgIpc) is 2.61. The van der Waals surface area contributed by atoms with Crippen LogP contribution in [0.2, 0.25) is 5.02 Å². The molecule has 0 spiro atoms. The smallest absolute Gasteiger partial charge is 0.297 e. The molecule has 7 nitrogen and oxygen atoms in total. The molecule has 1 aromatic heterocycles. The molecule has 9 heteroatoms. The molecule has 0 atom stereocenters. The zero-order chi connectivity index (χ0) is 19.0. The van der Waals surface area contributed by atoms with E-state index in [0.717, 1.165) is 0 Å². The molecule has 1 amide bonds. The van der Waals surface area contributed by atoms with Crippen molar-refractivity contribution < 1.29 is 19.0 Å². The number of amides is 1. The number of fused-ring (bicyclic) bond motifs is 1. The number of rotatable bonds is 3. The first-order chi connectivity index (χ1) is 12.3. The third kappa shape index (κ3) is 3.03. The summed E-state index contributed by atoms with van der Waals surface area (Å²) in [4.78, 5) is 28.6. The van der Waals surface area contributed by atoms with Gasteiger partial charge in [0.05, 0.1) is 6.54 Å². The molecule has 1 aliphatic rings. The summed E-state index contributed by atoms with van der Waals surface area (Å²) in [5.41, 5.74) is -0.788. The molecule has 0 fully saturated rings. The van der Waals surface area contributed by atoms with E-state index in [1.807, 2.05) is 0 Å². The summed E-state index contributed by atoms with van der Waals surface area (Å²) in [6.45, 7) is 5.36. The van der Waals surface area contributed by atoms with Gasteiger partial charge in [0, 0.05) is 17.1 Å². The summed E-state index contributed by atoms with van der Waals surface area (Å²) in [5, 5.41) is 12.6. The number of ether oxygens (including phenoxy) is 1. The van der Waals surface area contributed by atoms with Crippen LogP contribution in [-0.4, -0.2) is 27.2 Å². The van der Waals surface area contributed by atoms with Crippen molar-refractivity contribution in [2.24, 2.45) is 0 Å². The van der Waals surface area contributed by atoms with E-state index in [1.165, 1.54) is 16.7 Å². The van der Waals surface area contributed by atoms with Gasteiger partial charge in [0.25, 0.3) is 11.5 Å². The Kier molecular flexibility index (Phi) is 4.69. The van der Waals surface area contributed by atoms with E-state index < -0.39 is 28.7 Å². The van der Waals surface area contributed by atoms with Gasteiger partial charge in [-0.3, -0.25) is 14.2 Å². The summed E-state index contributed by atoms with van der Waals surface area (Å²) in [6, 6.07) is 3.04. The standard InChI is InChI=1S/C17H15ClFN3O4/c1-8-3-4-11(18)10(12(8)19)7-20-16(24)13-14(23)17(25)22-5-6-26-9(2)15(22)21-13/h3-4,23H,2,5-7H2,1H3,(H,20,24). The van der Waals surface area contributed by atoms with E-state index in [-0.39, 0.29) is 41.9 Å². The summed E-state index contributed by atoms with van der Waals surface area (Å²) in [7, 11) is 0. The quantitative estimate of drug-likeness (QED) is 0.850. The molecule has 2 N–H and O–H groups in total. The van der Waals surface area contributed by atoms with Gasteiger partial charge in [-0.25, -0.2) is 9.37 Å². The number of halogens is 2. The lowest BCUT2D eigenvalue weighted by Gasteiger charge is -2.21. The van der Waals surface area contributed by atoms with Gasteiger partial charge in [-0.15, -0.1) is 0 Å². The topological polar surface area (TPSA) is 93.5 Å². The van der Waals surface area contributed by atoms with Crippen LogP contribution in [0.1, 0.15) is 27.4 Å². The van der Waals surface area contributed by atoms with Crippen LogP contribution in [0.3, 0.4) is 0 Å². The van der Waals surface area contributed by atoms with E-state index in [4.69, 9.17) is 16.3 Å². The van der Waals surface area contributed by atoms with Crippen molar-refractivity contribution in [1.82, 2.24) is 14.9 Å². The number of nitrogens with zero attached hydrogens (tertiary/aromatic N) is 2. The van der Waals surface area contributed by atoms with Crippen LogP contribution in [-0.2, 0) is 17.8 Å². The molecule has 1 aliphatic heterocycles. The molecule has 136 valence electrons. The summed E-state index contributed by atoms with van der Waals surface area (Å²) in [5.74, 6) is -2.00. The monoisotopic (exact) mass is 379 g/mol. The number of nitrogens with one attached hydrogen (secondary N) is 1. The van der Waals surface area contributed by atoms with Crippen LogP contribution in [0.5, 0.6) is 5.75 Å². The maximum Gasteiger partial charge on any atom is 0.297 e. The molecule has 2 aromatic rings. The van der Waals surface area contributed by atoms with E-state index in [2.05, 4.69) is 16.9 Å². The number of carbonyl (C=O) groups is 1. The normalized spacial score (nSPS) is 13.1. The second kappa shape index (κ2) is 6.80. The van der Waals surface area contributed by atoms with Gasteiger partial charge in [0.2, 0.25) is 5.75 Å². The molecule has 0 saturated carbocycles. The third-order valence-electron chi connectivity index (χ3n) is 4.01. The van der Waals surface area contributed by atoms with E-state index in [9.17, 15) is 19.1 Å². The molecule has 0 bridgehead atoms. The maximum absolute atomic E-state index is 14.2. The van der Waals surface area contributed by atoms with Crippen LogP contribution in [0, 0.1) is 12.7 Å². The zero-order valence-corrected chi connectivity index (χ0v) is 14.6. The van der Waals surface area contributed by atoms with Gasteiger partial charge in [-0.2, -0.15) is 0 Å². The minimum absolute atomic E-state index is 0.0592. The molecule has 26 heavy (non-hydrogen) atoms. The second-order valence-electron chi connectivity index (χ2n) is 5.70. The fourth-order valence-electron chi connectivity index (χ4n) is 2.58. The molecule has 1 aromatic carbocycles. The number of hydrogen-bond donors (Lipinski definition) is 2. The first-order valence-electron chi connectivity index (χ1n) is 7.68. The van der Waals surface area contributed by atoms with Gasteiger partial charge < -0.3 is 15.2 Å². The average molecular weight is 380 g/mol. The third-order valence-corrected chi connectivity index (χ3v) is 4.36. The van der Waals surface area contributed by atoms with Crippen molar-refractivity contribution in [2.75, 3.05) is 6.61 Å². The van der Waals surface area contributed by atoms with Gasteiger partial charge in [-0.05, 0) is 18.6 Å². The van der Waals surface area contributed by atoms with Crippen LogP contribution in [0.15, 0.2) is 23.5 Å². The van der Waals surface area contributed by atoms with Crippen molar-refractivity contribution in [3.63, 3.8) is 0 Å². The predicted octanol–water partition coefficient (Wildman–Crippen LogP) is 1.98. The van der Waals surface area contributed by atoms with E-state index in [1.54, 1.807) is 6.92 Å². The molecule has 0 aliphatic carbocycles. The largest absolute Gasteiger partial charge is 0.501 e. The van der Waals surface area contributed by atoms with Gasteiger partial charge in [-0.1, -0.05) is 24.2 Å². The Morgan fingerprint density at radius 2 is 2.27 bits per heavy atom.